The standard InChI is InChI=1S/C20H12ClN3O3S/c21-17-10-13(24(26)27)8-9-16(17)19(25)23-20-22-18(11-28-20)15-7-3-5-12-4-1-2-6-14(12)15/h1-11H,(H,22,23,25). The number of non-ortho nitro benzene ring substituents is 1. The fraction of sp³-hybridized carbons (Fsp3) is 0. The lowest BCUT2D eigenvalue weighted by molar-refractivity contribution is -0.384. The highest BCUT2D eigenvalue weighted by Gasteiger charge is 2.17. The van der Waals surface area contributed by atoms with Crippen molar-refractivity contribution in [2.24, 2.45) is 0 Å². The molecule has 28 heavy (non-hydrogen) atoms. The number of halogens is 1. The lowest BCUT2D eigenvalue weighted by Gasteiger charge is -2.05. The molecular formula is C20H12ClN3O3S. The number of nitro benzene ring substituents is 1. The van der Waals surface area contributed by atoms with E-state index in [1.165, 1.54) is 23.5 Å². The first-order valence-corrected chi connectivity index (χ1v) is 9.47. The molecule has 138 valence electrons. The van der Waals surface area contributed by atoms with Crippen LogP contribution in [0.4, 0.5) is 10.8 Å². The summed E-state index contributed by atoms with van der Waals surface area (Å²) in [4.78, 5) is 27.2. The van der Waals surface area contributed by atoms with Crippen LogP contribution in [0.15, 0.2) is 66.0 Å². The number of carbonyl (C=O) groups excluding carboxylic acids is 1. The van der Waals surface area contributed by atoms with Crippen LogP contribution >= 0.6 is 22.9 Å². The van der Waals surface area contributed by atoms with Gasteiger partial charge in [0, 0.05) is 23.1 Å². The molecule has 1 amide bonds. The zero-order valence-corrected chi connectivity index (χ0v) is 15.8. The van der Waals surface area contributed by atoms with Crippen LogP contribution < -0.4 is 5.32 Å². The summed E-state index contributed by atoms with van der Waals surface area (Å²) in [6.45, 7) is 0. The number of nitro groups is 1. The number of benzene rings is 3. The minimum Gasteiger partial charge on any atom is -0.298 e. The Hall–Kier alpha value is -3.29. The van der Waals surface area contributed by atoms with Gasteiger partial charge in [0.1, 0.15) is 0 Å². The van der Waals surface area contributed by atoms with E-state index in [2.05, 4.69) is 10.3 Å². The lowest BCUT2D eigenvalue weighted by Crippen LogP contribution is -2.12. The van der Waals surface area contributed by atoms with Crippen molar-refractivity contribution < 1.29 is 9.72 Å². The molecule has 6 nitrogen and oxygen atoms in total. The van der Waals surface area contributed by atoms with Crippen molar-refractivity contribution in [2.45, 2.75) is 0 Å². The second-order valence-electron chi connectivity index (χ2n) is 5.94. The van der Waals surface area contributed by atoms with E-state index in [1.807, 2.05) is 47.8 Å². The van der Waals surface area contributed by atoms with Gasteiger partial charge in [-0.3, -0.25) is 20.2 Å². The summed E-state index contributed by atoms with van der Waals surface area (Å²) in [6, 6.07) is 17.7. The molecule has 4 aromatic rings. The normalized spacial score (nSPS) is 10.8. The average Bonchev–Trinajstić information content (AvgIpc) is 3.15. The van der Waals surface area contributed by atoms with Gasteiger partial charge < -0.3 is 0 Å². The number of rotatable bonds is 4. The summed E-state index contributed by atoms with van der Waals surface area (Å²) in [6.07, 6.45) is 0. The summed E-state index contributed by atoms with van der Waals surface area (Å²) in [5.41, 5.74) is 1.71. The van der Waals surface area contributed by atoms with Crippen LogP contribution in [0.1, 0.15) is 10.4 Å². The molecule has 1 N–H and O–H groups in total. The molecule has 0 spiro atoms. The van der Waals surface area contributed by atoms with Crippen molar-refractivity contribution in [1.29, 1.82) is 0 Å². The predicted molar refractivity (Wildman–Crippen MR) is 111 cm³/mol. The summed E-state index contributed by atoms with van der Waals surface area (Å²) in [7, 11) is 0. The van der Waals surface area contributed by atoms with Gasteiger partial charge in [-0.25, -0.2) is 4.98 Å². The third-order valence-electron chi connectivity index (χ3n) is 4.20. The number of amides is 1. The first kappa shape index (κ1) is 18.1. The molecule has 8 heteroatoms. The molecule has 0 saturated carbocycles. The van der Waals surface area contributed by atoms with Gasteiger partial charge in [0.05, 0.1) is 21.2 Å². The van der Waals surface area contributed by atoms with Gasteiger partial charge in [-0.2, -0.15) is 0 Å². The highest BCUT2D eigenvalue weighted by atomic mass is 35.5. The maximum atomic E-state index is 12.5. The number of nitrogens with zero attached hydrogens (tertiary/aromatic N) is 2. The van der Waals surface area contributed by atoms with Gasteiger partial charge in [-0.05, 0) is 16.8 Å². The molecule has 0 saturated heterocycles. The van der Waals surface area contributed by atoms with E-state index in [0.717, 1.165) is 28.1 Å². The van der Waals surface area contributed by atoms with Crippen LogP contribution in [-0.2, 0) is 0 Å². The van der Waals surface area contributed by atoms with Crippen molar-refractivity contribution in [1.82, 2.24) is 4.98 Å². The van der Waals surface area contributed by atoms with Gasteiger partial charge in [0.15, 0.2) is 5.13 Å². The van der Waals surface area contributed by atoms with Crippen LogP contribution in [0.2, 0.25) is 5.02 Å². The Morgan fingerprint density at radius 1 is 1.11 bits per heavy atom. The Kier molecular flexibility index (Phi) is 4.77. The highest BCUT2D eigenvalue weighted by molar-refractivity contribution is 7.14. The summed E-state index contributed by atoms with van der Waals surface area (Å²) in [5.74, 6) is -0.473. The first-order valence-electron chi connectivity index (χ1n) is 8.22. The second-order valence-corrected chi connectivity index (χ2v) is 7.21. The Morgan fingerprint density at radius 3 is 2.68 bits per heavy atom. The average molecular weight is 410 g/mol. The zero-order valence-electron chi connectivity index (χ0n) is 14.3. The molecule has 1 aromatic heterocycles. The number of hydrogen-bond donors (Lipinski definition) is 1. The molecule has 1 heterocycles. The van der Waals surface area contributed by atoms with Crippen molar-refractivity contribution in [2.75, 3.05) is 5.32 Å². The number of carbonyl (C=O) groups is 1. The maximum absolute atomic E-state index is 12.5. The lowest BCUT2D eigenvalue weighted by atomic mass is 10.0. The Morgan fingerprint density at radius 2 is 1.89 bits per heavy atom. The second kappa shape index (κ2) is 7.38. The fourth-order valence-electron chi connectivity index (χ4n) is 2.87. The maximum Gasteiger partial charge on any atom is 0.270 e. The van der Waals surface area contributed by atoms with E-state index < -0.39 is 10.8 Å². The van der Waals surface area contributed by atoms with E-state index in [4.69, 9.17) is 11.6 Å². The van der Waals surface area contributed by atoms with Gasteiger partial charge in [0.25, 0.3) is 11.6 Å². The van der Waals surface area contributed by atoms with E-state index >= 15 is 0 Å². The quantitative estimate of drug-likeness (QED) is 0.342. The number of nitrogens with one attached hydrogen (secondary N) is 1. The Balaban J connectivity index is 1.60. The van der Waals surface area contributed by atoms with E-state index in [-0.39, 0.29) is 16.3 Å². The first-order chi connectivity index (χ1) is 13.5. The van der Waals surface area contributed by atoms with Crippen molar-refractivity contribution in [3.05, 3.63) is 86.7 Å². The van der Waals surface area contributed by atoms with Gasteiger partial charge in [-0.1, -0.05) is 54.1 Å². The van der Waals surface area contributed by atoms with Crippen molar-refractivity contribution in [3.63, 3.8) is 0 Å². The number of anilines is 1. The Labute approximate surface area is 168 Å². The molecule has 3 aromatic carbocycles. The summed E-state index contributed by atoms with van der Waals surface area (Å²) < 4.78 is 0. The molecule has 4 rings (SSSR count). The molecule has 0 bridgehead atoms. The number of thiazole rings is 1. The van der Waals surface area contributed by atoms with Crippen LogP contribution in [0.3, 0.4) is 0 Å². The third-order valence-corrected chi connectivity index (χ3v) is 5.27. The van der Waals surface area contributed by atoms with E-state index in [9.17, 15) is 14.9 Å². The largest absolute Gasteiger partial charge is 0.298 e. The van der Waals surface area contributed by atoms with Crippen molar-refractivity contribution >= 4 is 50.4 Å². The molecule has 0 aliphatic rings. The molecule has 0 radical (unpaired) electrons. The Bertz CT molecular complexity index is 1220. The predicted octanol–water partition coefficient (Wildman–Crippen LogP) is 5.78. The van der Waals surface area contributed by atoms with Crippen LogP contribution in [0.5, 0.6) is 0 Å². The number of fused-ring (bicyclic) bond motifs is 1. The minimum absolute atomic E-state index is 0.0116. The van der Waals surface area contributed by atoms with Crippen LogP contribution in [-0.4, -0.2) is 15.8 Å². The zero-order chi connectivity index (χ0) is 19.7. The highest BCUT2D eigenvalue weighted by Crippen LogP contribution is 2.31. The van der Waals surface area contributed by atoms with Gasteiger partial charge in [0.2, 0.25) is 0 Å². The molecule has 0 fully saturated rings. The SMILES string of the molecule is O=C(Nc1nc(-c2cccc3ccccc23)cs1)c1ccc([N+](=O)[O-])cc1Cl. The fourth-order valence-corrected chi connectivity index (χ4v) is 3.84. The van der Waals surface area contributed by atoms with Crippen LogP contribution in [0, 0.1) is 10.1 Å². The number of aromatic nitrogens is 1. The monoisotopic (exact) mass is 409 g/mol. The molecule has 0 unspecified atom stereocenters. The molecule has 0 aliphatic heterocycles. The number of hydrogen-bond acceptors (Lipinski definition) is 5. The van der Waals surface area contributed by atoms with Crippen molar-refractivity contribution in [3.8, 4) is 11.3 Å². The van der Waals surface area contributed by atoms with E-state index in [0.29, 0.717) is 5.13 Å². The minimum atomic E-state index is -0.565. The summed E-state index contributed by atoms with van der Waals surface area (Å²) >= 11 is 7.31. The summed E-state index contributed by atoms with van der Waals surface area (Å²) in [5, 5.41) is 18.0. The van der Waals surface area contributed by atoms with Crippen LogP contribution in [0.25, 0.3) is 22.0 Å². The van der Waals surface area contributed by atoms with Gasteiger partial charge >= 0.3 is 0 Å². The molecule has 0 aliphatic carbocycles. The smallest absolute Gasteiger partial charge is 0.270 e. The van der Waals surface area contributed by atoms with Gasteiger partial charge in [-0.15, -0.1) is 11.3 Å². The molecular weight excluding hydrogens is 398 g/mol. The van der Waals surface area contributed by atoms with E-state index in [1.54, 1.807) is 0 Å². The third kappa shape index (κ3) is 3.45. The topological polar surface area (TPSA) is 85.1 Å². The molecule has 0 atom stereocenters.